The molecule has 1 aliphatic heterocycles. The van der Waals surface area contributed by atoms with Gasteiger partial charge in [0, 0.05) is 31.6 Å². The number of aromatic carboxylic acids is 1. The molecule has 0 spiro atoms. The van der Waals surface area contributed by atoms with Crippen LogP contribution in [0.3, 0.4) is 0 Å². The van der Waals surface area contributed by atoms with Crippen LogP contribution in [0.15, 0.2) is 12.1 Å². The number of carboxylic acid groups (broad SMARTS) is 1. The molecule has 3 N–H and O–H groups in total. The SMILES string of the molecule is Cl.N[C@@H](CC(=O)N1CCn2c(C(F)(F)F)nc(C(=O)O)c2C1)Cc1cc(F)c(F)cc1F. The van der Waals surface area contributed by atoms with Crippen LogP contribution in [0.25, 0.3) is 0 Å². The lowest BCUT2D eigenvalue weighted by atomic mass is 10.0. The molecule has 0 unspecified atom stereocenters. The van der Waals surface area contributed by atoms with Crippen LogP contribution in [0.1, 0.15) is 34.0 Å². The third-order valence-electron chi connectivity index (χ3n) is 4.82. The Morgan fingerprint density at radius 2 is 1.75 bits per heavy atom. The summed E-state index contributed by atoms with van der Waals surface area (Å²) in [5.41, 5.74) is 4.49. The molecule has 0 bridgehead atoms. The highest BCUT2D eigenvalue weighted by Gasteiger charge is 2.41. The van der Waals surface area contributed by atoms with Gasteiger partial charge in [-0.15, -0.1) is 12.4 Å². The smallest absolute Gasteiger partial charge is 0.449 e. The summed E-state index contributed by atoms with van der Waals surface area (Å²) in [6, 6.07) is -0.00786. The van der Waals surface area contributed by atoms with Gasteiger partial charge in [-0.2, -0.15) is 13.2 Å². The minimum Gasteiger partial charge on any atom is -0.476 e. The van der Waals surface area contributed by atoms with Crippen molar-refractivity contribution in [3.8, 4) is 0 Å². The monoisotopic (exact) mass is 486 g/mol. The van der Waals surface area contributed by atoms with Crippen molar-refractivity contribution >= 4 is 24.3 Å². The van der Waals surface area contributed by atoms with Gasteiger partial charge >= 0.3 is 12.1 Å². The van der Waals surface area contributed by atoms with Crippen molar-refractivity contribution in [1.82, 2.24) is 14.5 Å². The van der Waals surface area contributed by atoms with Gasteiger partial charge in [0.2, 0.25) is 11.7 Å². The normalized spacial score (nSPS) is 14.5. The fourth-order valence-corrected chi connectivity index (χ4v) is 3.40. The second-order valence-electron chi connectivity index (χ2n) is 7.03. The van der Waals surface area contributed by atoms with Gasteiger partial charge < -0.3 is 20.3 Å². The maximum absolute atomic E-state index is 13.8. The average Bonchev–Trinajstić information content (AvgIpc) is 3.05. The molecule has 2 heterocycles. The van der Waals surface area contributed by atoms with Gasteiger partial charge in [0.15, 0.2) is 17.3 Å². The molecule has 0 radical (unpaired) electrons. The summed E-state index contributed by atoms with van der Waals surface area (Å²) < 4.78 is 80.1. The largest absolute Gasteiger partial charge is 0.476 e. The summed E-state index contributed by atoms with van der Waals surface area (Å²) in [4.78, 5) is 28.1. The molecule has 32 heavy (non-hydrogen) atoms. The molecule has 14 heteroatoms. The summed E-state index contributed by atoms with van der Waals surface area (Å²) >= 11 is 0. The van der Waals surface area contributed by atoms with Crippen LogP contribution in [0, 0.1) is 17.5 Å². The Bertz CT molecular complexity index is 1040. The highest BCUT2D eigenvalue weighted by Crippen LogP contribution is 2.32. The molecule has 176 valence electrons. The lowest BCUT2D eigenvalue weighted by molar-refractivity contribution is -0.148. The number of hydrogen-bond donors (Lipinski definition) is 2. The number of amides is 1. The molecule has 1 aromatic heterocycles. The van der Waals surface area contributed by atoms with Gasteiger partial charge in [0.05, 0.1) is 12.2 Å². The number of rotatable bonds is 5. The Kier molecular flexibility index (Phi) is 7.45. The summed E-state index contributed by atoms with van der Waals surface area (Å²) in [5.74, 6) is -7.33. The first kappa shape index (κ1) is 25.5. The number of benzene rings is 1. The second-order valence-corrected chi connectivity index (χ2v) is 7.03. The summed E-state index contributed by atoms with van der Waals surface area (Å²) in [5, 5.41) is 9.16. The Balaban J connectivity index is 0.00000363. The van der Waals surface area contributed by atoms with Crippen molar-refractivity contribution in [1.29, 1.82) is 0 Å². The van der Waals surface area contributed by atoms with Crippen LogP contribution in [-0.2, 0) is 30.5 Å². The molecular formula is C18H17ClF6N4O3. The fourth-order valence-electron chi connectivity index (χ4n) is 3.40. The third kappa shape index (κ3) is 5.15. The van der Waals surface area contributed by atoms with E-state index in [1.165, 1.54) is 0 Å². The van der Waals surface area contributed by atoms with Gasteiger partial charge in [0.25, 0.3) is 0 Å². The molecule has 2 aromatic rings. The summed E-state index contributed by atoms with van der Waals surface area (Å²) in [6.07, 6.45) is -5.54. The number of fused-ring (bicyclic) bond motifs is 1. The minimum absolute atomic E-state index is 0. The van der Waals surface area contributed by atoms with Crippen LogP contribution in [0.4, 0.5) is 26.3 Å². The Morgan fingerprint density at radius 3 is 2.34 bits per heavy atom. The number of carbonyl (C=O) groups excluding carboxylic acids is 1. The number of halogens is 7. The highest BCUT2D eigenvalue weighted by molar-refractivity contribution is 5.87. The molecule has 7 nitrogen and oxygen atoms in total. The van der Waals surface area contributed by atoms with E-state index in [2.05, 4.69) is 4.98 Å². The zero-order chi connectivity index (χ0) is 23.1. The first-order valence-electron chi connectivity index (χ1n) is 8.95. The third-order valence-corrected chi connectivity index (χ3v) is 4.82. The number of aromatic nitrogens is 2. The first-order chi connectivity index (χ1) is 14.4. The number of imidazole rings is 1. The topological polar surface area (TPSA) is 101 Å². The van der Waals surface area contributed by atoms with E-state index in [-0.39, 0.29) is 49.6 Å². The molecule has 3 rings (SSSR count). The van der Waals surface area contributed by atoms with Crippen molar-refractivity contribution in [3.05, 3.63) is 52.4 Å². The van der Waals surface area contributed by atoms with Crippen molar-refractivity contribution in [2.24, 2.45) is 5.73 Å². The first-order valence-corrected chi connectivity index (χ1v) is 8.95. The molecule has 1 amide bonds. The van der Waals surface area contributed by atoms with E-state index in [0.717, 1.165) is 4.90 Å². The Hall–Kier alpha value is -2.80. The van der Waals surface area contributed by atoms with Crippen molar-refractivity contribution in [2.75, 3.05) is 6.54 Å². The quantitative estimate of drug-likeness (QED) is 0.500. The molecule has 0 saturated carbocycles. The number of nitrogens with zero attached hydrogens (tertiary/aromatic N) is 3. The van der Waals surface area contributed by atoms with E-state index < -0.39 is 59.6 Å². The predicted octanol–water partition coefficient (Wildman–Crippen LogP) is 2.74. The van der Waals surface area contributed by atoms with E-state index in [4.69, 9.17) is 10.8 Å². The van der Waals surface area contributed by atoms with Gasteiger partial charge in [0.1, 0.15) is 5.82 Å². The lowest BCUT2D eigenvalue weighted by Crippen LogP contribution is -2.42. The van der Waals surface area contributed by atoms with E-state index in [1.807, 2.05) is 0 Å². The van der Waals surface area contributed by atoms with Crippen LogP contribution < -0.4 is 5.73 Å². The maximum atomic E-state index is 13.8. The number of alkyl halides is 3. The minimum atomic E-state index is -4.87. The van der Waals surface area contributed by atoms with Crippen LogP contribution in [0.5, 0.6) is 0 Å². The number of hydrogen-bond acceptors (Lipinski definition) is 4. The summed E-state index contributed by atoms with van der Waals surface area (Å²) in [7, 11) is 0. The van der Waals surface area contributed by atoms with E-state index >= 15 is 0 Å². The molecule has 0 aliphatic carbocycles. The molecule has 0 saturated heterocycles. The molecule has 1 aromatic carbocycles. The van der Waals surface area contributed by atoms with E-state index in [1.54, 1.807) is 0 Å². The van der Waals surface area contributed by atoms with Gasteiger partial charge in [-0.3, -0.25) is 4.79 Å². The van der Waals surface area contributed by atoms with Crippen LogP contribution in [0.2, 0.25) is 0 Å². The fraction of sp³-hybridized carbons (Fsp3) is 0.389. The van der Waals surface area contributed by atoms with Crippen LogP contribution >= 0.6 is 12.4 Å². The standard InChI is InChI=1S/C18H16F6N4O3.ClH/c19-10-6-12(21)11(20)4-8(10)3-9(25)5-14(29)27-1-2-28-13(7-27)15(16(30)31)26-17(28)18(22,23)24;/h4,6,9H,1-3,5,7,25H2,(H,30,31);1H/t9-;/m1./s1. The Morgan fingerprint density at radius 1 is 1.12 bits per heavy atom. The Labute approximate surface area is 183 Å². The van der Waals surface area contributed by atoms with E-state index in [9.17, 15) is 35.9 Å². The van der Waals surface area contributed by atoms with Gasteiger partial charge in [-0.05, 0) is 18.1 Å². The maximum Gasteiger partial charge on any atom is 0.449 e. The second kappa shape index (κ2) is 9.36. The number of nitrogens with two attached hydrogens (primary N) is 1. The van der Waals surface area contributed by atoms with Gasteiger partial charge in [-0.25, -0.2) is 22.9 Å². The molecule has 0 fully saturated rings. The zero-order valence-corrected chi connectivity index (χ0v) is 16.9. The number of carbonyl (C=O) groups is 2. The van der Waals surface area contributed by atoms with E-state index in [0.29, 0.717) is 16.7 Å². The van der Waals surface area contributed by atoms with Crippen molar-refractivity contribution in [3.63, 3.8) is 0 Å². The van der Waals surface area contributed by atoms with Crippen molar-refractivity contribution in [2.45, 2.75) is 38.1 Å². The predicted molar refractivity (Wildman–Crippen MR) is 99.5 cm³/mol. The van der Waals surface area contributed by atoms with Gasteiger partial charge in [-0.1, -0.05) is 0 Å². The molecule has 1 atom stereocenters. The van der Waals surface area contributed by atoms with Crippen molar-refractivity contribution < 1.29 is 41.0 Å². The zero-order valence-electron chi connectivity index (χ0n) is 16.1. The lowest BCUT2D eigenvalue weighted by Gasteiger charge is -2.30. The average molecular weight is 487 g/mol. The number of carboxylic acids is 1. The van der Waals surface area contributed by atoms with Crippen LogP contribution in [-0.4, -0.2) is 44.0 Å². The molecular weight excluding hydrogens is 470 g/mol. The highest BCUT2D eigenvalue weighted by atomic mass is 35.5. The molecule has 1 aliphatic rings. The summed E-state index contributed by atoms with van der Waals surface area (Å²) in [6.45, 7) is -0.921.